The largest absolute Gasteiger partial charge is 0.382 e. The summed E-state index contributed by atoms with van der Waals surface area (Å²) in [7, 11) is 0. The number of nitrogens with one attached hydrogen (secondary N) is 1. The van der Waals surface area contributed by atoms with E-state index < -0.39 is 0 Å². The molecule has 20 heavy (non-hydrogen) atoms. The molecule has 3 N–H and O–H groups in total. The van der Waals surface area contributed by atoms with Crippen LogP contribution in [-0.4, -0.2) is 10.2 Å². The van der Waals surface area contributed by atoms with Crippen LogP contribution in [0.5, 0.6) is 0 Å². The van der Waals surface area contributed by atoms with Gasteiger partial charge < -0.3 is 5.73 Å². The second-order valence-electron chi connectivity index (χ2n) is 4.35. The summed E-state index contributed by atoms with van der Waals surface area (Å²) in [5.74, 6) is -0.0561. The van der Waals surface area contributed by atoms with Crippen LogP contribution in [0.25, 0.3) is 22.4 Å². The number of hydrogen-bond acceptors (Lipinski definition) is 2. The molecule has 3 rings (SSSR count). The monoisotopic (exact) mass is 287 g/mol. The zero-order valence-corrected chi connectivity index (χ0v) is 11.2. The lowest BCUT2D eigenvalue weighted by Crippen LogP contribution is -1.90. The van der Waals surface area contributed by atoms with Crippen molar-refractivity contribution in [3.8, 4) is 22.4 Å². The molecule has 3 aromatic rings. The number of nitrogens with zero attached hydrogens (tertiary/aromatic N) is 1. The SMILES string of the molecule is Nc1n[nH]c(-c2ccccc2)c1-c1ccc(F)cc1Cl. The van der Waals surface area contributed by atoms with E-state index in [4.69, 9.17) is 17.3 Å². The predicted octanol–water partition coefficient (Wildman–Crippen LogP) is 4.12. The van der Waals surface area contributed by atoms with E-state index in [2.05, 4.69) is 10.2 Å². The maximum absolute atomic E-state index is 13.2. The molecule has 0 aliphatic rings. The molecule has 100 valence electrons. The van der Waals surface area contributed by atoms with Gasteiger partial charge in [-0.1, -0.05) is 41.9 Å². The normalized spacial score (nSPS) is 10.7. The van der Waals surface area contributed by atoms with E-state index >= 15 is 0 Å². The second kappa shape index (κ2) is 4.98. The highest BCUT2D eigenvalue weighted by molar-refractivity contribution is 6.33. The van der Waals surface area contributed by atoms with Crippen molar-refractivity contribution in [3.05, 3.63) is 59.4 Å². The fourth-order valence-corrected chi connectivity index (χ4v) is 2.40. The van der Waals surface area contributed by atoms with Crippen LogP contribution in [0.15, 0.2) is 48.5 Å². The molecule has 5 heteroatoms. The molecule has 1 heterocycles. The van der Waals surface area contributed by atoms with Crippen LogP contribution in [0.3, 0.4) is 0 Å². The van der Waals surface area contributed by atoms with Crippen molar-refractivity contribution >= 4 is 17.4 Å². The quantitative estimate of drug-likeness (QED) is 0.745. The number of rotatable bonds is 2. The molecule has 0 bridgehead atoms. The number of halogens is 2. The molecule has 0 aliphatic carbocycles. The van der Waals surface area contributed by atoms with Crippen molar-refractivity contribution in [1.82, 2.24) is 10.2 Å². The molecule has 0 spiro atoms. The summed E-state index contributed by atoms with van der Waals surface area (Å²) in [6, 6.07) is 13.9. The van der Waals surface area contributed by atoms with Crippen LogP contribution in [0.2, 0.25) is 5.02 Å². The van der Waals surface area contributed by atoms with Gasteiger partial charge in [-0.2, -0.15) is 5.10 Å². The third-order valence-corrected chi connectivity index (χ3v) is 3.37. The van der Waals surface area contributed by atoms with Gasteiger partial charge in [-0.05, 0) is 18.2 Å². The number of benzene rings is 2. The van der Waals surface area contributed by atoms with E-state index in [0.717, 1.165) is 11.3 Å². The Balaban J connectivity index is 2.22. The smallest absolute Gasteiger partial charge is 0.153 e. The van der Waals surface area contributed by atoms with Crippen molar-refractivity contribution in [3.63, 3.8) is 0 Å². The molecule has 0 radical (unpaired) electrons. The topological polar surface area (TPSA) is 54.7 Å². The van der Waals surface area contributed by atoms with Gasteiger partial charge in [0.2, 0.25) is 0 Å². The van der Waals surface area contributed by atoms with E-state index in [1.54, 1.807) is 6.07 Å². The van der Waals surface area contributed by atoms with Gasteiger partial charge >= 0.3 is 0 Å². The van der Waals surface area contributed by atoms with Gasteiger partial charge in [0.05, 0.1) is 16.3 Å². The zero-order chi connectivity index (χ0) is 14.1. The summed E-state index contributed by atoms with van der Waals surface area (Å²) in [5, 5.41) is 7.24. The summed E-state index contributed by atoms with van der Waals surface area (Å²) in [6.07, 6.45) is 0. The fraction of sp³-hybridized carbons (Fsp3) is 0. The second-order valence-corrected chi connectivity index (χ2v) is 4.76. The highest BCUT2D eigenvalue weighted by Crippen LogP contribution is 2.38. The molecular weight excluding hydrogens is 277 g/mol. The third kappa shape index (κ3) is 2.14. The summed E-state index contributed by atoms with van der Waals surface area (Å²) >= 11 is 6.12. The van der Waals surface area contributed by atoms with Gasteiger partial charge in [0, 0.05) is 11.1 Å². The highest BCUT2D eigenvalue weighted by Gasteiger charge is 2.17. The molecule has 0 atom stereocenters. The first-order valence-corrected chi connectivity index (χ1v) is 6.39. The van der Waals surface area contributed by atoms with Crippen molar-refractivity contribution in [2.45, 2.75) is 0 Å². The first-order valence-electron chi connectivity index (χ1n) is 6.01. The maximum Gasteiger partial charge on any atom is 0.153 e. The van der Waals surface area contributed by atoms with Crippen LogP contribution in [0.1, 0.15) is 0 Å². The minimum Gasteiger partial charge on any atom is -0.382 e. The van der Waals surface area contributed by atoms with E-state index in [-0.39, 0.29) is 5.82 Å². The van der Waals surface area contributed by atoms with E-state index in [1.165, 1.54) is 12.1 Å². The van der Waals surface area contributed by atoms with Crippen molar-refractivity contribution < 1.29 is 4.39 Å². The van der Waals surface area contributed by atoms with Crippen LogP contribution in [-0.2, 0) is 0 Å². The first-order chi connectivity index (χ1) is 9.66. The number of anilines is 1. The molecule has 0 saturated heterocycles. The Morgan fingerprint density at radius 1 is 1.10 bits per heavy atom. The average Bonchev–Trinajstić information content (AvgIpc) is 2.82. The van der Waals surface area contributed by atoms with Crippen LogP contribution in [0.4, 0.5) is 10.2 Å². The minimum absolute atomic E-state index is 0.301. The van der Waals surface area contributed by atoms with E-state index in [1.807, 2.05) is 30.3 Å². The maximum atomic E-state index is 13.2. The van der Waals surface area contributed by atoms with E-state index in [0.29, 0.717) is 22.0 Å². The lowest BCUT2D eigenvalue weighted by Gasteiger charge is -2.07. The number of hydrogen-bond donors (Lipinski definition) is 2. The molecule has 0 saturated carbocycles. The van der Waals surface area contributed by atoms with Gasteiger partial charge in [-0.15, -0.1) is 0 Å². The molecule has 3 nitrogen and oxygen atoms in total. The van der Waals surface area contributed by atoms with Crippen LogP contribution < -0.4 is 5.73 Å². The number of aromatic nitrogens is 2. The van der Waals surface area contributed by atoms with Crippen LogP contribution in [0, 0.1) is 5.82 Å². The lowest BCUT2D eigenvalue weighted by atomic mass is 10.0. The number of nitrogens with two attached hydrogens (primary N) is 1. The summed E-state index contributed by atoms with van der Waals surface area (Å²) < 4.78 is 13.2. The minimum atomic E-state index is -0.387. The number of aromatic amines is 1. The van der Waals surface area contributed by atoms with Crippen molar-refractivity contribution in [2.24, 2.45) is 0 Å². The Hall–Kier alpha value is -2.33. The van der Waals surface area contributed by atoms with Crippen molar-refractivity contribution in [1.29, 1.82) is 0 Å². The third-order valence-electron chi connectivity index (χ3n) is 3.06. The molecule has 1 aromatic heterocycles. The Morgan fingerprint density at radius 3 is 2.55 bits per heavy atom. The Bertz CT molecular complexity index is 753. The molecule has 0 fully saturated rings. The van der Waals surface area contributed by atoms with Gasteiger partial charge in [-0.25, -0.2) is 4.39 Å². The predicted molar refractivity (Wildman–Crippen MR) is 78.8 cm³/mol. The molecular formula is C15H11ClFN3. The Morgan fingerprint density at radius 2 is 1.85 bits per heavy atom. The zero-order valence-electron chi connectivity index (χ0n) is 10.4. The molecule has 0 amide bonds. The summed E-state index contributed by atoms with van der Waals surface area (Å²) in [6.45, 7) is 0. The van der Waals surface area contributed by atoms with Gasteiger partial charge in [-0.3, -0.25) is 5.10 Å². The van der Waals surface area contributed by atoms with Crippen LogP contribution >= 0.6 is 11.6 Å². The standard InChI is InChI=1S/C15H11ClFN3/c16-12-8-10(17)6-7-11(12)13-14(19-20-15(13)18)9-4-2-1-3-5-9/h1-8H,(H3,18,19,20). The van der Waals surface area contributed by atoms with E-state index in [9.17, 15) is 4.39 Å². The van der Waals surface area contributed by atoms with Gasteiger partial charge in [0.1, 0.15) is 5.82 Å². The first kappa shape index (κ1) is 12.7. The molecule has 0 unspecified atom stereocenters. The Labute approximate surface area is 120 Å². The highest BCUT2D eigenvalue weighted by atomic mass is 35.5. The summed E-state index contributed by atoms with van der Waals surface area (Å²) in [5.41, 5.74) is 8.95. The number of H-pyrrole nitrogens is 1. The molecule has 0 aliphatic heterocycles. The van der Waals surface area contributed by atoms with Gasteiger partial charge in [0.15, 0.2) is 5.82 Å². The fourth-order valence-electron chi connectivity index (χ4n) is 2.13. The van der Waals surface area contributed by atoms with Gasteiger partial charge in [0.25, 0.3) is 0 Å². The van der Waals surface area contributed by atoms with Crippen molar-refractivity contribution in [2.75, 3.05) is 5.73 Å². The number of nitrogen functional groups attached to an aromatic ring is 1. The molecule has 2 aromatic carbocycles. The average molecular weight is 288 g/mol. The Kier molecular flexibility index (Phi) is 3.16. The lowest BCUT2D eigenvalue weighted by molar-refractivity contribution is 0.628. The summed E-state index contributed by atoms with van der Waals surface area (Å²) in [4.78, 5) is 0.